The van der Waals surface area contributed by atoms with Gasteiger partial charge in [-0.15, -0.1) is 0 Å². The van der Waals surface area contributed by atoms with E-state index in [-0.39, 0.29) is 5.54 Å². The van der Waals surface area contributed by atoms with Crippen molar-refractivity contribution in [1.29, 1.82) is 0 Å². The van der Waals surface area contributed by atoms with Crippen molar-refractivity contribution in [3.8, 4) is 0 Å². The molecule has 2 aliphatic rings. The van der Waals surface area contributed by atoms with E-state index in [1.807, 2.05) is 6.07 Å². The minimum atomic E-state index is -0.0614. The second-order valence-electron chi connectivity index (χ2n) is 5.49. The van der Waals surface area contributed by atoms with Crippen molar-refractivity contribution in [2.24, 2.45) is 5.73 Å². The average molecular weight is 247 g/mol. The van der Waals surface area contributed by atoms with Crippen LogP contribution in [0.3, 0.4) is 0 Å². The zero-order valence-corrected chi connectivity index (χ0v) is 10.4. The summed E-state index contributed by atoms with van der Waals surface area (Å²) in [6.45, 7) is 0. The largest absolute Gasteiger partial charge is 0.340 e. The Kier molecular flexibility index (Phi) is 1.80. The van der Waals surface area contributed by atoms with Crippen LogP contribution in [0.2, 0.25) is 5.02 Å². The van der Waals surface area contributed by atoms with Gasteiger partial charge in [0.25, 0.3) is 0 Å². The fourth-order valence-corrected chi connectivity index (χ4v) is 2.86. The van der Waals surface area contributed by atoms with E-state index in [1.54, 1.807) is 0 Å². The fourth-order valence-electron chi connectivity index (χ4n) is 2.69. The Morgan fingerprint density at radius 2 is 2.00 bits per heavy atom. The highest BCUT2D eigenvalue weighted by molar-refractivity contribution is 6.31. The Bertz CT molecular complexity index is 606. The first kappa shape index (κ1) is 9.98. The van der Waals surface area contributed by atoms with Crippen LogP contribution in [0, 0.1) is 0 Å². The van der Waals surface area contributed by atoms with Gasteiger partial charge in [-0.3, -0.25) is 0 Å². The summed E-state index contributed by atoms with van der Waals surface area (Å²) in [4.78, 5) is 0. The maximum absolute atomic E-state index is 6.38. The number of hydrogen-bond acceptors (Lipinski definition) is 1. The summed E-state index contributed by atoms with van der Waals surface area (Å²) >= 11 is 6.11. The van der Waals surface area contributed by atoms with Crippen LogP contribution in [0.25, 0.3) is 10.9 Å². The molecule has 0 radical (unpaired) electrons. The molecule has 17 heavy (non-hydrogen) atoms. The lowest BCUT2D eigenvalue weighted by Crippen LogP contribution is -2.22. The summed E-state index contributed by atoms with van der Waals surface area (Å²) in [5, 5.41) is 2.08. The topological polar surface area (TPSA) is 30.9 Å². The molecule has 0 unspecified atom stereocenters. The van der Waals surface area contributed by atoms with Crippen LogP contribution in [-0.2, 0) is 5.54 Å². The van der Waals surface area contributed by atoms with E-state index in [0.29, 0.717) is 6.04 Å². The summed E-state index contributed by atoms with van der Waals surface area (Å²) in [5.74, 6) is 0. The van der Waals surface area contributed by atoms with Gasteiger partial charge in [0.1, 0.15) is 0 Å². The van der Waals surface area contributed by atoms with E-state index in [2.05, 4.69) is 22.8 Å². The molecule has 2 aliphatic carbocycles. The molecule has 2 aromatic rings. The summed E-state index contributed by atoms with van der Waals surface area (Å²) < 4.78 is 2.44. The van der Waals surface area contributed by atoms with Gasteiger partial charge in [0.05, 0.1) is 11.1 Å². The summed E-state index contributed by atoms with van der Waals surface area (Å²) in [6.07, 6.45) is 4.78. The number of hydrogen-bond donors (Lipinski definition) is 1. The fraction of sp³-hybridized carbons (Fsp3) is 0.429. The SMILES string of the molecule is NC1(c2cc3ccc(Cl)cc3n2C2CC2)CC1. The molecule has 4 rings (SSSR count). The lowest BCUT2D eigenvalue weighted by molar-refractivity contribution is 0.622. The van der Waals surface area contributed by atoms with Gasteiger partial charge in [-0.05, 0) is 43.9 Å². The summed E-state index contributed by atoms with van der Waals surface area (Å²) in [5.41, 5.74) is 8.89. The van der Waals surface area contributed by atoms with Crippen LogP contribution in [0.4, 0.5) is 0 Å². The highest BCUT2D eigenvalue weighted by atomic mass is 35.5. The predicted octanol–water partition coefficient (Wildman–Crippen LogP) is 3.58. The first-order valence-electron chi connectivity index (χ1n) is 6.27. The molecule has 1 heterocycles. The Morgan fingerprint density at radius 1 is 1.24 bits per heavy atom. The Hall–Kier alpha value is -0.990. The molecule has 88 valence electrons. The molecule has 1 aromatic carbocycles. The van der Waals surface area contributed by atoms with Crippen LogP contribution < -0.4 is 5.73 Å². The van der Waals surface area contributed by atoms with Gasteiger partial charge >= 0.3 is 0 Å². The van der Waals surface area contributed by atoms with Crippen LogP contribution in [0.15, 0.2) is 24.3 Å². The highest BCUT2D eigenvalue weighted by Crippen LogP contribution is 2.49. The van der Waals surface area contributed by atoms with Crippen molar-refractivity contribution in [3.63, 3.8) is 0 Å². The number of nitrogens with two attached hydrogens (primary N) is 1. The standard InChI is InChI=1S/C14H15ClN2/c15-10-2-1-9-7-13(14(16)5-6-14)17(11-3-4-11)12(9)8-10/h1-2,7-8,11H,3-6,16H2. The smallest absolute Gasteiger partial charge is 0.0565 e. The van der Waals surface area contributed by atoms with E-state index in [9.17, 15) is 0 Å². The molecule has 0 saturated heterocycles. The average Bonchev–Trinajstić information content (AvgIpc) is 3.21. The van der Waals surface area contributed by atoms with Crippen molar-refractivity contribution in [2.45, 2.75) is 37.3 Å². The van der Waals surface area contributed by atoms with E-state index < -0.39 is 0 Å². The molecule has 2 nitrogen and oxygen atoms in total. The Morgan fingerprint density at radius 3 is 2.65 bits per heavy atom. The number of halogens is 1. The monoisotopic (exact) mass is 246 g/mol. The second kappa shape index (κ2) is 3.06. The first-order chi connectivity index (χ1) is 8.17. The zero-order valence-electron chi connectivity index (χ0n) is 9.62. The lowest BCUT2D eigenvalue weighted by atomic mass is 10.2. The molecule has 0 atom stereocenters. The van der Waals surface area contributed by atoms with Gasteiger partial charge < -0.3 is 10.3 Å². The van der Waals surface area contributed by atoms with Crippen molar-refractivity contribution < 1.29 is 0 Å². The molecule has 3 heteroatoms. The minimum Gasteiger partial charge on any atom is -0.340 e. The van der Waals surface area contributed by atoms with Crippen LogP contribution in [-0.4, -0.2) is 4.57 Å². The minimum absolute atomic E-state index is 0.0614. The predicted molar refractivity (Wildman–Crippen MR) is 70.3 cm³/mol. The molecule has 0 bridgehead atoms. The van der Waals surface area contributed by atoms with E-state index >= 15 is 0 Å². The lowest BCUT2D eigenvalue weighted by Gasteiger charge is -2.14. The van der Waals surface area contributed by atoms with Crippen LogP contribution in [0.1, 0.15) is 37.4 Å². The van der Waals surface area contributed by atoms with Crippen LogP contribution in [0.5, 0.6) is 0 Å². The molecule has 2 fully saturated rings. The first-order valence-corrected chi connectivity index (χ1v) is 6.65. The van der Waals surface area contributed by atoms with Gasteiger partial charge in [-0.2, -0.15) is 0 Å². The molecule has 2 N–H and O–H groups in total. The zero-order chi connectivity index (χ0) is 11.6. The Labute approximate surface area is 105 Å². The van der Waals surface area contributed by atoms with Gasteiger partial charge in [-0.1, -0.05) is 17.7 Å². The molecule has 1 aromatic heterocycles. The number of rotatable bonds is 2. The maximum atomic E-state index is 6.38. The van der Waals surface area contributed by atoms with Gasteiger partial charge in [0, 0.05) is 22.1 Å². The second-order valence-corrected chi connectivity index (χ2v) is 5.93. The number of aromatic nitrogens is 1. The Balaban J connectivity index is 2.02. The molecule has 0 aliphatic heterocycles. The molecular weight excluding hydrogens is 232 g/mol. The van der Waals surface area contributed by atoms with Crippen LogP contribution >= 0.6 is 11.6 Å². The molecule has 0 spiro atoms. The summed E-state index contributed by atoms with van der Waals surface area (Å²) in [6, 6.07) is 9.05. The highest BCUT2D eigenvalue weighted by Gasteiger charge is 2.44. The number of nitrogens with zero attached hydrogens (tertiary/aromatic N) is 1. The van der Waals surface area contributed by atoms with Gasteiger partial charge in [-0.25, -0.2) is 0 Å². The quantitative estimate of drug-likeness (QED) is 0.863. The third kappa shape index (κ3) is 1.44. The van der Waals surface area contributed by atoms with Crippen molar-refractivity contribution in [2.75, 3.05) is 0 Å². The molecular formula is C14H15ClN2. The third-order valence-corrected chi connectivity index (χ3v) is 4.25. The van der Waals surface area contributed by atoms with Crippen molar-refractivity contribution in [3.05, 3.63) is 35.0 Å². The molecule has 2 saturated carbocycles. The van der Waals surface area contributed by atoms with E-state index in [1.165, 1.54) is 29.4 Å². The normalized spacial score (nSPS) is 22.0. The van der Waals surface area contributed by atoms with Crippen molar-refractivity contribution in [1.82, 2.24) is 4.57 Å². The van der Waals surface area contributed by atoms with Gasteiger partial charge in [0.2, 0.25) is 0 Å². The molecule has 0 amide bonds. The maximum Gasteiger partial charge on any atom is 0.0565 e. The number of fused-ring (bicyclic) bond motifs is 1. The van der Waals surface area contributed by atoms with Gasteiger partial charge in [0.15, 0.2) is 0 Å². The van der Waals surface area contributed by atoms with Crippen molar-refractivity contribution >= 4 is 22.5 Å². The summed E-state index contributed by atoms with van der Waals surface area (Å²) in [7, 11) is 0. The third-order valence-electron chi connectivity index (χ3n) is 4.01. The number of benzene rings is 1. The van der Waals surface area contributed by atoms with E-state index in [0.717, 1.165) is 17.9 Å². The van der Waals surface area contributed by atoms with E-state index in [4.69, 9.17) is 17.3 Å².